The summed E-state index contributed by atoms with van der Waals surface area (Å²) in [7, 11) is 0. The van der Waals surface area contributed by atoms with Crippen LogP contribution in [-0.2, 0) is 11.2 Å². The molecular formula is C18H22FN5O. The summed E-state index contributed by atoms with van der Waals surface area (Å²) in [6.45, 7) is 0. The fourth-order valence-corrected chi connectivity index (χ4v) is 4.01. The zero-order chi connectivity index (χ0) is 17.4. The standard InChI is InChI=1S/C18H22FN5O/c19-15-6-10(13-8-21-22-9-13)1-2-11(15)7-16(20)24-18(25)17-12-3-4-14(5-12)23-17/h1-2,6,8-9,12,14,16-17,23H,3-5,7,20H2,(H,21,22)(H,24,25). The molecule has 2 bridgehead atoms. The molecule has 2 aliphatic rings. The monoisotopic (exact) mass is 343 g/mol. The van der Waals surface area contributed by atoms with Gasteiger partial charge >= 0.3 is 0 Å². The van der Waals surface area contributed by atoms with Gasteiger partial charge in [0.25, 0.3) is 0 Å². The topological polar surface area (TPSA) is 95.8 Å². The lowest BCUT2D eigenvalue weighted by Gasteiger charge is -2.24. The number of aromatic amines is 1. The summed E-state index contributed by atoms with van der Waals surface area (Å²) in [5.41, 5.74) is 8.09. The fraction of sp³-hybridized carbons (Fsp3) is 0.444. The Morgan fingerprint density at radius 1 is 1.40 bits per heavy atom. The van der Waals surface area contributed by atoms with Gasteiger partial charge in [0.2, 0.25) is 5.91 Å². The number of H-pyrrole nitrogens is 1. The lowest BCUT2D eigenvalue weighted by molar-refractivity contribution is -0.124. The second-order valence-corrected chi connectivity index (χ2v) is 7.03. The largest absolute Gasteiger partial charge is 0.339 e. The normalized spacial score (nSPS) is 25.9. The molecule has 5 N–H and O–H groups in total. The van der Waals surface area contributed by atoms with Gasteiger partial charge in [-0.2, -0.15) is 5.10 Å². The molecule has 2 aromatic rings. The van der Waals surface area contributed by atoms with Crippen molar-refractivity contribution in [2.75, 3.05) is 0 Å². The molecular weight excluding hydrogens is 321 g/mol. The summed E-state index contributed by atoms with van der Waals surface area (Å²) < 4.78 is 14.4. The first-order valence-corrected chi connectivity index (χ1v) is 8.70. The summed E-state index contributed by atoms with van der Waals surface area (Å²) in [6.07, 6.45) is 6.30. The average Bonchev–Trinajstić information content (AvgIpc) is 3.34. The van der Waals surface area contributed by atoms with Gasteiger partial charge in [-0.25, -0.2) is 4.39 Å². The van der Waals surface area contributed by atoms with Crippen LogP contribution in [-0.4, -0.2) is 34.4 Å². The summed E-state index contributed by atoms with van der Waals surface area (Å²) in [4.78, 5) is 12.4. The first-order chi connectivity index (χ1) is 12.1. The second-order valence-electron chi connectivity index (χ2n) is 7.03. The van der Waals surface area contributed by atoms with E-state index in [0.717, 1.165) is 30.4 Å². The highest BCUT2D eigenvalue weighted by atomic mass is 19.1. The third-order valence-electron chi connectivity index (χ3n) is 5.29. The van der Waals surface area contributed by atoms with Crippen LogP contribution in [0.25, 0.3) is 11.1 Å². The van der Waals surface area contributed by atoms with Crippen LogP contribution in [0.4, 0.5) is 4.39 Å². The number of benzene rings is 1. The molecule has 1 aromatic heterocycles. The Kier molecular flexibility index (Phi) is 4.27. The number of rotatable bonds is 5. The first kappa shape index (κ1) is 16.2. The molecule has 1 aliphatic carbocycles. The molecule has 1 saturated heterocycles. The number of nitrogens with zero attached hydrogens (tertiary/aromatic N) is 1. The van der Waals surface area contributed by atoms with Gasteiger partial charge in [-0.1, -0.05) is 12.1 Å². The Bertz CT molecular complexity index is 763. The number of carbonyl (C=O) groups excluding carboxylic acids is 1. The van der Waals surface area contributed by atoms with E-state index in [9.17, 15) is 9.18 Å². The van der Waals surface area contributed by atoms with Crippen LogP contribution in [0.3, 0.4) is 0 Å². The van der Waals surface area contributed by atoms with Gasteiger partial charge < -0.3 is 16.4 Å². The van der Waals surface area contributed by atoms with Gasteiger partial charge in [-0.15, -0.1) is 0 Å². The lowest BCUT2D eigenvalue weighted by Crippen LogP contribution is -2.53. The summed E-state index contributed by atoms with van der Waals surface area (Å²) in [6, 6.07) is 5.31. The van der Waals surface area contributed by atoms with E-state index in [4.69, 9.17) is 5.73 Å². The number of halogens is 1. The number of carbonyl (C=O) groups is 1. The molecule has 25 heavy (non-hydrogen) atoms. The molecule has 4 atom stereocenters. The number of aromatic nitrogens is 2. The molecule has 7 heteroatoms. The molecule has 1 aromatic carbocycles. The molecule has 132 valence electrons. The van der Waals surface area contributed by atoms with Gasteiger partial charge in [0.05, 0.1) is 18.4 Å². The number of fused-ring (bicyclic) bond motifs is 2. The van der Waals surface area contributed by atoms with Crippen molar-refractivity contribution in [1.29, 1.82) is 0 Å². The maximum atomic E-state index is 14.4. The quantitative estimate of drug-likeness (QED) is 0.615. The average molecular weight is 343 g/mol. The molecule has 1 saturated carbocycles. The number of hydrogen-bond acceptors (Lipinski definition) is 4. The van der Waals surface area contributed by atoms with Gasteiger partial charge in [-0.05, 0) is 42.4 Å². The van der Waals surface area contributed by atoms with E-state index in [0.29, 0.717) is 17.5 Å². The van der Waals surface area contributed by atoms with Gasteiger partial charge in [0.1, 0.15) is 5.82 Å². The van der Waals surface area contributed by atoms with Crippen LogP contribution in [0.2, 0.25) is 0 Å². The second kappa shape index (κ2) is 6.57. The summed E-state index contributed by atoms with van der Waals surface area (Å²) >= 11 is 0. The minimum absolute atomic E-state index is 0.0740. The van der Waals surface area contributed by atoms with Crippen LogP contribution in [0.1, 0.15) is 24.8 Å². The fourth-order valence-electron chi connectivity index (χ4n) is 4.01. The molecule has 4 unspecified atom stereocenters. The minimum Gasteiger partial charge on any atom is -0.339 e. The van der Waals surface area contributed by atoms with E-state index in [-0.39, 0.29) is 24.2 Å². The van der Waals surface area contributed by atoms with Crippen LogP contribution >= 0.6 is 0 Å². The highest BCUT2D eigenvalue weighted by Crippen LogP contribution is 2.35. The van der Waals surface area contributed by atoms with Crippen molar-refractivity contribution < 1.29 is 9.18 Å². The molecule has 1 aliphatic heterocycles. The number of nitrogens with one attached hydrogen (secondary N) is 3. The van der Waals surface area contributed by atoms with Gasteiger partial charge in [0.15, 0.2) is 0 Å². The Labute approximate surface area is 145 Å². The maximum absolute atomic E-state index is 14.4. The zero-order valence-electron chi connectivity index (χ0n) is 13.8. The molecule has 0 spiro atoms. The van der Waals surface area contributed by atoms with Crippen molar-refractivity contribution in [3.05, 3.63) is 42.0 Å². The Morgan fingerprint density at radius 2 is 2.28 bits per heavy atom. The first-order valence-electron chi connectivity index (χ1n) is 8.70. The lowest BCUT2D eigenvalue weighted by atomic mass is 9.99. The molecule has 6 nitrogen and oxygen atoms in total. The van der Waals surface area contributed by atoms with E-state index in [1.54, 1.807) is 18.5 Å². The van der Waals surface area contributed by atoms with E-state index < -0.39 is 6.17 Å². The number of piperidine rings is 1. The molecule has 0 radical (unpaired) electrons. The number of amides is 1. The Morgan fingerprint density at radius 3 is 2.92 bits per heavy atom. The highest BCUT2D eigenvalue weighted by Gasteiger charge is 2.42. The predicted molar refractivity (Wildman–Crippen MR) is 91.9 cm³/mol. The van der Waals surface area contributed by atoms with Gasteiger partial charge in [-0.3, -0.25) is 9.89 Å². The molecule has 4 rings (SSSR count). The summed E-state index contributed by atoms with van der Waals surface area (Å²) in [5.74, 6) is -0.000229. The highest BCUT2D eigenvalue weighted by molar-refractivity contribution is 5.83. The van der Waals surface area contributed by atoms with E-state index in [1.165, 1.54) is 6.07 Å². The van der Waals surface area contributed by atoms with Crippen LogP contribution in [0.15, 0.2) is 30.6 Å². The number of nitrogens with two attached hydrogens (primary N) is 1. The Hall–Kier alpha value is -2.25. The van der Waals surface area contributed by atoms with E-state index >= 15 is 0 Å². The van der Waals surface area contributed by atoms with Crippen molar-refractivity contribution in [2.45, 2.75) is 43.9 Å². The smallest absolute Gasteiger partial charge is 0.238 e. The number of hydrogen-bond donors (Lipinski definition) is 4. The maximum Gasteiger partial charge on any atom is 0.238 e. The van der Waals surface area contributed by atoms with Crippen LogP contribution in [0, 0.1) is 11.7 Å². The zero-order valence-corrected chi connectivity index (χ0v) is 13.8. The third-order valence-corrected chi connectivity index (χ3v) is 5.29. The van der Waals surface area contributed by atoms with Crippen molar-refractivity contribution in [3.63, 3.8) is 0 Å². The van der Waals surface area contributed by atoms with Crippen LogP contribution in [0.5, 0.6) is 0 Å². The van der Waals surface area contributed by atoms with Crippen molar-refractivity contribution >= 4 is 5.91 Å². The third kappa shape index (κ3) is 3.29. The Balaban J connectivity index is 1.37. The van der Waals surface area contributed by atoms with Crippen molar-refractivity contribution in [3.8, 4) is 11.1 Å². The van der Waals surface area contributed by atoms with E-state index in [1.807, 2.05) is 6.07 Å². The molecule has 2 heterocycles. The van der Waals surface area contributed by atoms with Crippen molar-refractivity contribution in [2.24, 2.45) is 11.7 Å². The minimum atomic E-state index is -0.609. The van der Waals surface area contributed by atoms with Crippen LogP contribution < -0.4 is 16.4 Å². The molecule has 2 fully saturated rings. The van der Waals surface area contributed by atoms with Gasteiger partial charge in [0, 0.05) is 24.2 Å². The summed E-state index contributed by atoms with van der Waals surface area (Å²) in [5, 5.41) is 12.7. The molecule has 1 amide bonds. The van der Waals surface area contributed by atoms with E-state index in [2.05, 4.69) is 20.8 Å². The predicted octanol–water partition coefficient (Wildman–Crippen LogP) is 1.30. The van der Waals surface area contributed by atoms with Crippen molar-refractivity contribution in [1.82, 2.24) is 20.8 Å². The SMILES string of the molecule is NC(Cc1ccc(-c2cn[nH]c2)cc1F)NC(=O)C1NC2CCC1C2.